The minimum absolute atomic E-state index is 0.00206. The van der Waals surface area contributed by atoms with Crippen LogP contribution in [0, 0.1) is 0 Å². The molecule has 0 bridgehead atoms. The Morgan fingerprint density at radius 3 is 2.93 bits per heavy atom. The Hall–Kier alpha value is -0.870. The second-order valence-electron chi connectivity index (χ2n) is 4.11. The summed E-state index contributed by atoms with van der Waals surface area (Å²) in [6.45, 7) is 0.400. The van der Waals surface area contributed by atoms with E-state index in [0.717, 1.165) is 24.1 Å². The minimum atomic E-state index is -0.620. The number of carbonyl (C=O) groups is 1. The first-order valence-corrected chi connectivity index (χ1v) is 6.07. The Kier molecular flexibility index (Phi) is 3.07. The standard InChI is InChI=1S/C11H15NO2S/c13-10(7-9-3-1-6-15-9)12-8-11(14)4-2-5-11/h1,3,6,14H,2,4-5,7-8H2,(H,12,13). The van der Waals surface area contributed by atoms with Crippen LogP contribution in [-0.2, 0) is 11.2 Å². The summed E-state index contributed by atoms with van der Waals surface area (Å²) in [5.74, 6) is -0.00206. The molecule has 1 aliphatic carbocycles. The Labute approximate surface area is 93.1 Å². The van der Waals surface area contributed by atoms with Crippen LogP contribution in [0.3, 0.4) is 0 Å². The van der Waals surface area contributed by atoms with Gasteiger partial charge in [0.15, 0.2) is 0 Å². The quantitative estimate of drug-likeness (QED) is 0.812. The molecule has 1 amide bonds. The lowest BCUT2D eigenvalue weighted by atomic mass is 9.80. The molecule has 2 N–H and O–H groups in total. The molecule has 0 unspecified atom stereocenters. The van der Waals surface area contributed by atoms with Crippen LogP contribution in [0.1, 0.15) is 24.1 Å². The Morgan fingerprint density at radius 1 is 1.60 bits per heavy atom. The summed E-state index contributed by atoms with van der Waals surface area (Å²) in [6, 6.07) is 3.88. The molecule has 0 saturated heterocycles. The van der Waals surface area contributed by atoms with Gasteiger partial charge in [0.25, 0.3) is 0 Å². The maximum Gasteiger partial charge on any atom is 0.225 e. The molecule has 0 aliphatic heterocycles. The average Bonchev–Trinajstić information content (AvgIpc) is 2.64. The molecular weight excluding hydrogens is 210 g/mol. The van der Waals surface area contributed by atoms with Crippen molar-refractivity contribution in [1.82, 2.24) is 5.32 Å². The summed E-state index contributed by atoms with van der Waals surface area (Å²) < 4.78 is 0. The predicted molar refractivity (Wildman–Crippen MR) is 59.8 cm³/mol. The number of nitrogens with one attached hydrogen (secondary N) is 1. The van der Waals surface area contributed by atoms with E-state index in [9.17, 15) is 9.90 Å². The van der Waals surface area contributed by atoms with Crippen molar-refractivity contribution in [2.75, 3.05) is 6.54 Å². The number of carbonyl (C=O) groups excluding carboxylic acids is 1. The van der Waals surface area contributed by atoms with Gasteiger partial charge in [0.2, 0.25) is 5.91 Å². The van der Waals surface area contributed by atoms with Gasteiger partial charge in [-0.3, -0.25) is 4.79 Å². The van der Waals surface area contributed by atoms with Crippen LogP contribution >= 0.6 is 11.3 Å². The van der Waals surface area contributed by atoms with Gasteiger partial charge in [0.05, 0.1) is 12.0 Å². The van der Waals surface area contributed by atoms with E-state index >= 15 is 0 Å². The zero-order chi connectivity index (χ0) is 10.7. The van der Waals surface area contributed by atoms with Crippen molar-refractivity contribution in [3.05, 3.63) is 22.4 Å². The minimum Gasteiger partial charge on any atom is -0.388 e. The zero-order valence-electron chi connectivity index (χ0n) is 8.53. The summed E-state index contributed by atoms with van der Waals surface area (Å²) in [5, 5.41) is 14.5. The molecule has 1 aromatic rings. The largest absolute Gasteiger partial charge is 0.388 e. The van der Waals surface area contributed by atoms with Crippen LogP contribution in [0.25, 0.3) is 0 Å². The Morgan fingerprint density at radius 2 is 2.40 bits per heavy atom. The second-order valence-corrected chi connectivity index (χ2v) is 5.14. The van der Waals surface area contributed by atoms with E-state index in [-0.39, 0.29) is 5.91 Å². The first-order valence-electron chi connectivity index (χ1n) is 5.19. The number of hydrogen-bond donors (Lipinski definition) is 2. The molecular formula is C11H15NO2S. The third kappa shape index (κ3) is 2.79. The number of rotatable bonds is 4. The van der Waals surface area contributed by atoms with Crippen LogP contribution in [0.2, 0.25) is 0 Å². The van der Waals surface area contributed by atoms with E-state index in [0.29, 0.717) is 13.0 Å². The van der Waals surface area contributed by atoms with Crippen LogP contribution in [0.5, 0.6) is 0 Å². The molecule has 0 aromatic carbocycles. The smallest absolute Gasteiger partial charge is 0.225 e. The van der Waals surface area contributed by atoms with Crippen molar-refractivity contribution in [1.29, 1.82) is 0 Å². The Bertz CT molecular complexity index is 330. The number of hydrogen-bond acceptors (Lipinski definition) is 3. The van der Waals surface area contributed by atoms with Crippen molar-refractivity contribution in [3.63, 3.8) is 0 Å². The highest BCUT2D eigenvalue weighted by Gasteiger charge is 2.34. The van der Waals surface area contributed by atoms with E-state index in [1.807, 2.05) is 17.5 Å². The lowest BCUT2D eigenvalue weighted by molar-refractivity contribution is -0.122. The maximum atomic E-state index is 11.5. The normalized spacial score (nSPS) is 18.2. The van der Waals surface area contributed by atoms with Gasteiger partial charge in [-0.15, -0.1) is 11.3 Å². The highest BCUT2D eigenvalue weighted by molar-refractivity contribution is 7.10. The van der Waals surface area contributed by atoms with E-state index in [2.05, 4.69) is 5.32 Å². The second kappa shape index (κ2) is 4.33. The molecule has 0 spiro atoms. The number of aliphatic hydroxyl groups is 1. The van der Waals surface area contributed by atoms with Crippen LogP contribution in [-0.4, -0.2) is 23.2 Å². The molecule has 1 aliphatic rings. The van der Waals surface area contributed by atoms with Gasteiger partial charge in [-0.25, -0.2) is 0 Å². The fourth-order valence-corrected chi connectivity index (χ4v) is 2.36. The van der Waals surface area contributed by atoms with Gasteiger partial charge in [-0.1, -0.05) is 6.07 Å². The van der Waals surface area contributed by atoms with Gasteiger partial charge in [0.1, 0.15) is 0 Å². The summed E-state index contributed by atoms with van der Waals surface area (Å²) in [6.07, 6.45) is 3.11. The molecule has 0 radical (unpaired) electrons. The number of amides is 1. The highest BCUT2D eigenvalue weighted by atomic mass is 32.1. The summed E-state index contributed by atoms with van der Waals surface area (Å²) in [4.78, 5) is 12.5. The van der Waals surface area contributed by atoms with Gasteiger partial charge in [0, 0.05) is 11.4 Å². The molecule has 2 rings (SSSR count). The predicted octanol–water partition coefficient (Wildman–Crippen LogP) is 1.32. The van der Waals surface area contributed by atoms with E-state index in [1.54, 1.807) is 11.3 Å². The van der Waals surface area contributed by atoms with Gasteiger partial charge < -0.3 is 10.4 Å². The average molecular weight is 225 g/mol. The molecule has 15 heavy (non-hydrogen) atoms. The lowest BCUT2D eigenvalue weighted by Crippen LogP contribution is -2.48. The van der Waals surface area contributed by atoms with Crippen molar-refractivity contribution >= 4 is 17.2 Å². The molecule has 1 saturated carbocycles. The van der Waals surface area contributed by atoms with Crippen molar-refractivity contribution in [2.24, 2.45) is 0 Å². The third-order valence-electron chi connectivity index (χ3n) is 2.81. The first-order chi connectivity index (χ1) is 7.18. The maximum absolute atomic E-state index is 11.5. The van der Waals surface area contributed by atoms with E-state index < -0.39 is 5.60 Å². The first kappa shape index (κ1) is 10.6. The monoisotopic (exact) mass is 225 g/mol. The SMILES string of the molecule is O=C(Cc1cccs1)NCC1(O)CCC1. The molecule has 1 aromatic heterocycles. The summed E-state index contributed by atoms with van der Waals surface area (Å²) in [7, 11) is 0. The van der Waals surface area contributed by atoms with E-state index in [1.165, 1.54) is 0 Å². The van der Waals surface area contributed by atoms with Crippen molar-refractivity contribution in [3.8, 4) is 0 Å². The number of thiophene rings is 1. The summed E-state index contributed by atoms with van der Waals surface area (Å²) in [5.41, 5.74) is -0.620. The highest BCUT2D eigenvalue weighted by Crippen LogP contribution is 2.30. The van der Waals surface area contributed by atoms with Crippen molar-refractivity contribution < 1.29 is 9.90 Å². The lowest BCUT2D eigenvalue weighted by Gasteiger charge is -2.36. The molecule has 0 atom stereocenters. The van der Waals surface area contributed by atoms with Gasteiger partial charge >= 0.3 is 0 Å². The molecule has 4 heteroatoms. The molecule has 1 heterocycles. The van der Waals surface area contributed by atoms with Gasteiger partial charge in [-0.05, 0) is 30.7 Å². The van der Waals surface area contributed by atoms with Crippen LogP contribution < -0.4 is 5.32 Å². The fraction of sp³-hybridized carbons (Fsp3) is 0.545. The summed E-state index contributed by atoms with van der Waals surface area (Å²) >= 11 is 1.58. The fourth-order valence-electron chi connectivity index (χ4n) is 1.66. The molecule has 3 nitrogen and oxygen atoms in total. The molecule has 82 valence electrons. The van der Waals surface area contributed by atoms with Gasteiger partial charge in [-0.2, -0.15) is 0 Å². The van der Waals surface area contributed by atoms with Crippen molar-refractivity contribution in [2.45, 2.75) is 31.3 Å². The Balaban J connectivity index is 1.73. The zero-order valence-corrected chi connectivity index (χ0v) is 9.35. The molecule has 1 fully saturated rings. The van der Waals surface area contributed by atoms with Crippen LogP contribution in [0.15, 0.2) is 17.5 Å². The third-order valence-corrected chi connectivity index (χ3v) is 3.69. The van der Waals surface area contributed by atoms with Crippen LogP contribution in [0.4, 0.5) is 0 Å². The topological polar surface area (TPSA) is 49.3 Å². The van der Waals surface area contributed by atoms with E-state index in [4.69, 9.17) is 0 Å².